The molecule has 0 unspecified atom stereocenters. The van der Waals surface area contributed by atoms with Gasteiger partial charge in [0.15, 0.2) is 0 Å². The molecule has 0 radical (unpaired) electrons. The van der Waals surface area contributed by atoms with Crippen molar-refractivity contribution in [3.05, 3.63) is 23.9 Å². The normalized spacial score (nSPS) is 16.4. The number of anilines is 1. The Bertz CT molecular complexity index is 618. The summed E-state index contributed by atoms with van der Waals surface area (Å²) in [5, 5.41) is 0. The van der Waals surface area contributed by atoms with Crippen molar-refractivity contribution in [1.82, 2.24) is 9.88 Å². The fourth-order valence-corrected chi connectivity index (χ4v) is 2.64. The second-order valence-electron chi connectivity index (χ2n) is 6.04. The van der Waals surface area contributed by atoms with E-state index in [4.69, 9.17) is 0 Å². The summed E-state index contributed by atoms with van der Waals surface area (Å²) in [5.41, 5.74) is -0.836. The van der Waals surface area contributed by atoms with Crippen molar-refractivity contribution in [2.24, 2.45) is 0 Å². The molecular formula is C16H19F6N3O2. The van der Waals surface area contributed by atoms with Gasteiger partial charge in [-0.25, -0.2) is 4.98 Å². The first kappa shape index (κ1) is 21.3. The van der Waals surface area contributed by atoms with Gasteiger partial charge in [0.25, 0.3) is 0 Å². The number of carbonyl (C=O) groups excluding carboxylic acids is 1. The maximum absolute atomic E-state index is 12.6. The van der Waals surface area contributed by atoms with Crippen LogP contribution in [-0.4, -0.2) is 61.4 Å². The quantitative estimate of drug-likeness (QED) is 0.564. The molecule has 1 saturated heterocycles. The number of nitrogens with zero attached hydrogens (tertiary/aromatic N) is 3. The molecule has 5 nitrogen and oxygen atoms in total. The number of amides is 1. The van der Waals surface area contributed by atoms with E-state index in [-0.39, 0.29) is 18.9 Å². The summed E-state index contributed by atoms with van der Waals surface area (Å²) in [5.74, 6) is 0.0604. The number of rotatable bonds is 5. The molecule has 1 aromatic rings. The highest BCUT2D eigenvalue weighted by molar-refractivity contribution is 5.76. The first-order valence-electron chi connectivity index (χ1n) is 8.27. The lowest BCUT2D eigenvalue weighted by molar-refractivity contribution is -0.175. The number of halogens is 6. The van der Waals surface area contributed by atoms with Crippen molar-refractivity contribution < 1.29 is 35.9 Å². The minimum absolute atomic E-state index is 0.158. The topological polar surface area (TPSA) is 45.7 Å². The second-order valence-corrected chi connectivity index (χ2v) is 6.04. The Hall–Kier alpha value is -2.04. The van der Waals surface area contributed by atoms with Crippen molar-refractivity contribution in [2.45, 2.75) is 25.2 Å². The van der Waals surface area contributed by atoms with E-state index in [1.807, 2.05) is 0 Å². The molecule has 27 heavy (non-hydrogen) atoms. The zero-order chi connectivity index (χ0) is 20.1. The van der Waals surface area contributed by atoms with Crippen molar-refractivity contribution in [2.75, 3.05) is 44.3 Å². The molecule has 0 aliphatic carbocycles. The minimum atomic E-state index is -4.46. The van der Waals surface area contributed by atoms with Crippen LogP contribution in [0, 0.1) is 0 Å². The summed E-state index contributed by atoms with van der Waals surface area (Å²) in [6.07, 6.45) is -7.71. The van der Waals surface area contributed by atoms with Crippen molar-refractivity contribution in [3.8, 4) is 0 Å². The van der Waals surface area contributed by atoms with Crippen LogP contribution in [0.1, 0.15) is 18.4 Å². The smallest absolute Gasteiger partial charge is 0.372 e. The van der Waals surface area contributed by atoms with E-state index in [0.29, 0.717) is 38.4 Å². The van der Waals surface area contributed by atoms with Gasteiger partial charge >= 0.3 is 12.4 Å². The van der Waals surface area contributed by atoms with Gasteiger partial charge in [-0.15, -0.1) is 0 Å². The van der Waals surface area contributed by atoms with Crippen LogP contribution in [0.15, 0.2) is 18.3 Å². The standard InChI is InChI=1S/C16H19F6N3O2/c17-15(18,19)11-27-9-4-14(26)25-6-1-5-24(7-8-25)13-3-2-12(10-23-13)16(20,21)22/h2-3,10H,1,4-9,11H2. The molecular weight excluding hydrogens is 380 g/mol. The van der Waals surface area contributed by atoms with Gasteiger partial charge in [-0.05, 0) is 18.6 Å². The van der Waals surface area contributed by atoms with Gasteiger partial charge in [0.1, 0.15) is 12.4 Å². The van der Waals surface area contributed by atoms with Gasteiger partial charge in [-0.1, -0.05) is 0 Å². The summed E-state index contributed by atoms with van der Waals surface area (Å²) in [7, 11) is 0. The molecule has 1 aliphatic rings. The molecule has 1 amide bonds. The number of carbonyl (C=O) groups is 1. The molecule has 0 saturated carbocycles. The molecule has 152 valence electrons. The van der Waals surface area contributed by atoms with Gasteiger partial charge in [0.2, 0.25) is 5.91 Å². The van der Waals surface area contributed by atoms with Crippen LogP contribution in [0.25, 0.3) is 0 Å². The monoisotopic (exact) mass is 399 g/mol. The Balaban J connectivity index is 1.83. The zero-order valence-electron chi connectivity index (χ0n) is 14.3. The summed E-state index contributed by atoms with van der Waals surface area (Å²) in [4.78, 5) is 19.2. The van der Waals surface area contributed by atoms with Crippen LogP contribution < -0.4 is 4.90 Å². The van der Waals surface area contributed by atoms with Crippen LogP contribution in [0.2, 0.25) is 0 Å². The zero-order valence-corrected chi connectivity index (χ0v) is 14.3. The summed E-state index contributed by atoms with van der Waals surface area (Å²) in [6, 6.07) is 2.24. The third-order valence-corrected chi connectivity index (χ3v) is 3.97. The molecule has 2 heterocycles. The Kier molecular flexibility index (Phi) is 6.90. The first-order valence-corrected chi connectivity index (χ1v) is 8.27. The van der Waals surface area contributed by atoms with Crippen molar-refractivity contribution in [1.29, 1.82) is 0 Å². The summed E-state index contributed by atoms with van der Waals surface area (Å²) < 4.78 is 78.2. The average Bonchev–Trinajstić information content (AvgIpc) is 2.83. The van der Waals surface area contributed by atoms with Gasteiger partial charge in [0.05, 0.1) is 18.6 Å². The van der Waals surface area contributed by atoms with E-state index < -0.39 is 24.5 Å². The molecule has 1 aromatic heterocycles. The average molecular weight is 399 g/mol. The lowest BCUT2D eigenvalue weighted by atomic mass is 10.2. The molecule has 0 spiro atoms. The van der Waals surface area contributed by atoms with E-state index in [1.54, 1.807) is 4.90 Å². The third kappa shape index (κ3) is 6.89. The second kappa shape index (κ2) is 8.77. The number of pyridine rings is 1. The van der Waals surface area contributed by atoms with Crippen LogP contribution in [0.3, 0.4) is 0 Å². The Morgan fingerprint density at radius 2 is 1.81 bits per heavy atom. The molecule has 1 fully saturated rings. The van der Waals surface area contributed by atoms with Crippen LogP contribution in [0.5, 0.6) is 0 Å². The highest BCUT2D eigenvalue weighted by atomic mass is 19.4. The molecule has 0 N–H and O–H groups in total. The molecule has 1 aliphatic heterocycles. The predicted molar refractivity (Wildman–Crippen MR) is 84.1 cm³/mol. The maximum Gasteiger partial charge on any atom is 0.417 e. The largest absolute Gasteiger partial charge is 0.417 e. The van der Waals surface area contributed by atoms with Crippen molar-refractivity contribution in [3.63, 3.8) is 0 Å². The van der Waals surface area contributed by atoms with Gasteiger partial charge in [0, 0.05) is 32.4 Å². The Morgan fingerprint density at radius 3 is 2.41 bits per heavy atom. The number of aromatic nitrogens is 1. The lowest BCUT2D eigenvalue weighted by Crippen LogP contribution is -2.36. The van der Waals surface area contributed by atoms with Crippen molar-refractivity contribution >= 4 is 11.7 Å². The van der Waals surface area contributed by atoms with E-state index in [9.17, 15) is 31.1 Å². The molecule has 11 heteroatoms. The highest BCUT2D eigenvalue weighted by Gasteiger charge is 2.31. The number of alkyl halides is 6. The first-order chi connectivity index (χ1) is 12.6. The summed E-state index contributed by atoms with van der Waals surface area (Å²) in [6.45, 7) is -0.122. The van der Waals surface area contributed by atoms with E-state index in [0.717, 1.165) is 12.3 Å². The van der Waals surface area contributed by atoms with Gasteiger partial charge < -0.3 is 14.5 Å². The molecule has 0 aromatic carbocycles. The van der Waals surface area contributed by atoms with E-state index >= 15 is 0 Å². The molecule has 2 rings (SSSR count). The maximum atomic E-state index is 12.6. The number of hydrogen-bond acceptors (Lipinski definition) is 4. The van der Waals surface area contributed by atoms with Crippen LogP contribution >= 0.6 is 0 Å². The van der Waals surface area contributed by atoms with Crippen LogP contribution in [-0.2, 0) is 15.7 Å². The number of hydrogen-bond donors (Lipinski definition) is 0. The Morgan fingerprint density at radius 1 is 1.07 bits per heavy atom. The third-order valence-electron chi connectivity index (χ3n) is 3.97. The van der Waals surface area contributed by atoms with E-state index in [1.165, 1.54) is 11.0 Å². The predicted octanol–water partition coefficient (Wildman–Crippen LogP) is 3.11. The fourth-order valence-electron chi connectivity index (χ4n) is 2.64. The number of ether oxygens (including phenoxy) is 1. The minimum Gasteiger partial charge on any atom is -0.372 e. The molecule has 0 atom stereocenters. The highest BCUT2D eigenvalue weighted by Crippen LogP contribution is 2.29. The fraction of sp³-hybridized carbons (Fsp3) is 0.625. The Labute approximate surface area is 151 Å². The SMILES string of the molecule is O=C(CCOCC(F)(F)F)N1CCCN(c2ccc(C(F)(F)F)cn2)CC1. The van der Waals surface area contributed by atoms with Crippen LogP contribution in [0.4, 0.5) is 32.2 Å². The van der Waals surface area contributed by atoms with Gasteiger partial charge in [-0.2, -0.15) is 26.3 Å². The summed E-state index contributed by atoms with van der Waals surface area (Å²) >= 11 is 0. The van der Waals surface area contributed by atoms with E-state index in [2.05, 4.69) is 9.72 Å². The molecule has 0 bridgehead atoms. The lowest BCUT2D eigenvalue weighted by Gasteiger charge is -2.23. The van der Waals surface area contributed by atoms with Gasteiger partial charge in [-0.3, -0.25) is 4.79 Å².